The van der Waals surface area contributed by atoms with Crippen molar-refractivity contribution in [2.75, 3.05) is 0 Å². The quantitative estimate of drug-likeness (QED) is 0.218. The van der Waals surface area contributed by atoms with Crippen molar-refractivity contribution in [1.29, 1.82) is 0 Å². The van der Waals surface area contributed by atoms with Gasteiger partial charge >= 0.3 is 0 Å². The minimum absolute atomic E-state index is 0.551. The summed E-state index contributed by atoms with van der Waals surface area (Å²) < 4.78 is 8.84. The van der Waals surface area contributed by atoms with Crippen molar-refractivity contribution < 1.29 is 4.42 Å². The number of aromatic nitrogens is 2. The Balaban J connectivity index is 1.14. The van der Waals surface area contributed by atoms with E-state index in [9.17, 15) is 0 Å². The first-order valence-electron chi connectivity index (χ1n) is 14.0. The van der Waals surface area contributed by atoms with Crippen LogP contribution < -0.4 is 0 Å². The molecule has 196 valence electrons. The zero-order valence-electron chi connectivity index (χ0n) is 22.4. The van der Waals surface area contributed by atoms with E-state index in [0.29, 0.717) is 5.71 Å². The largest absolute Gasteiger partial charge is 0.436 e. The maximum absolute atomic E-state index is 6.23. The average Bonchev–Trinajstić information content (AvgIpc) is 3.62. The Labute approximate surface area is 245 Å². The standard InChI is InChI=1S/C38H22N2OS/c1-2-12-27-23(8-1)9-6-14-28(27)25-18-19-34-32(21-25)36-38(41-34)40-33(22-39-36)26-11-5-10-24(20-26)29-15-7-16-31-30-13-3-4-17-35(30)42-37(29)31/h1-22H. The van der Waals surface area contributed by atoms with Crippen LogP contribution in [-0.2, 0) is 0 Å². The second-order valence-corrected chi connectivity index (χ2v) is 11.7. The minimum Gasteiger partial charge on any atom is -0.436 e. The van der Waals surface area contributed by atoms with E-state index < -0.39 is 0 Å². The lowest BCUT2D eigenvalue weighted by Gasteiger charge is -2.07. The van der Waals surface area contributed by atoms with Crippen molar-refractivity contribution >= 4 is 64.5 Å². The first-order chi connectivity index (χ1) is 20.8. The van der Waals surface area contributed by atoms with Crippen molar-refractivity contribution in [2.24, 2.45) is 0 Å². The minimum atomic E-state index is 0.551. The van der Waals surface area contributed by atoms with E-state index in [2.05, 4.69) is 121 Å². The maximum atomic E-state index is 6.23. The van der Waals surface area contributed by atoms with E-state index >= 15 is 0 Å². The van der Waals surface area contributed by atoms with Crippen molar-refractivity contribution in [3.63, 3.8) is 0 Å². The molecule has 0 atom stereocenters. The van der Waals surface area contributed by atoms with Gasteiger partial charge in [-0.25, -0.2) is 9.97 Å². The number of nitrogens with zero attached hydrogens (tertiary/aromatic N) is 2. The van der Waals surface area contributed by atoms with E-state index in [-0.39, 0.29) is 0 Å². The summed E-state index contributed by atoms with van der Waals surface area (Å²) in [6.45, 7) is 0. The van der Waals surface area contributed by atoms with Crippen LogP contribution in [0.2, 0.25) is 0 Å². The van der Waals surface area contributed by atoms with Gasteiger partial charge in [0.25, 0.3) is 0 Å². The zero-order valence-corrected chi connectivity index (χ0v) is 23.2. The highest BCUT2D eigenvalue weighted by Gasteiger charge is 2.15. The Morgan fingerprint density at radius 2 is 1.29 bits per heavy atom. The Bertz CT molecular complexity index is 2480. The van der Waals surface area contributed by atoms with E-state index in [0.717, 1.165) is 38.9 Å². The number of furan rings is 1. The molecule has 0 aliphatic carbocycles. The van der Waals surface area contributed by atoms with Crippen molar-refractivity contribution in [3.05, 3.63) is 134 Å². The fourth-order valence-corrected chi connectivity index (χ4v) is 7.38. The number of hydrogen-bond donors (Lipinski definition) is 0. The van der Waals surface area contributed by atoms with Gasteiger partial charge in [-0.15, -0.1) is 11.3 Å². The van der Waals surface area contributed by atoms with Gasteiger partial charge in [-0.3, -0.25) is 0 Å². The van der Waals surface area contributed by atoms with Gasteiger partial charge in [-0.05, 0) is 57.3 Å². The second kappa shape index (κ2) is 9.10. The normalized spacial score (nSPS) is 11.8. The molecule has 0 N–H and O–H groups in total. The lowest BCUT2D eigenvalue weighted by atomic mass is 9.97. The first kappa shape index (κ1) is 23.4. The molecular formula is C38H22N2OS. The molecule has 0 unspecified atom stereocenters. The van der Waals surface area contributed by atoms with Gasteiger partial charge in [-0.1, -0.05) is 103 Å². The Hall–Kier alpha value is -5.32. The predicted molar refractivity (Wildman–Crippen MR) is 176 cm³/mol. The van der Waals surface area contributed by atoms with Crippen LogP contribution >= 0.6 is 11.3 Å². The van der Waals surface area contributed by atoms with Crippen LogP contribution in [0.5, 0.6) is 0 Å². The topological polar surface area (TPSA) is 38.9 Å². The summed E-state index contributed by atoms with van der Waals surface area (Å²) in [6.07, 6.45) is 1.86. The third-order valence-electron chi connectivity index (χ3n) is 8.16. The molecule has 3 nitrogen and oxygen atoms in total. The van der Waals surface area contributed by atoms with Gasteiger partial charge in [0, 0.05) is 31.1 Å². The molecule has 3 heterocycles. The fourth-order valence-electron chi connectivity index (χ4n) is 6.14. The smallest absolute Gasteiger partial charge is 0.246 e. The summed E-state index contributed by atoms with van der Waals surface area (Å²) in [5.41, 5.74) is 8.65. The molecular weight excluding hydrogens is 532 g/mol. The summed E-state index contributed by atoms with van der Waals surface area (Å²) in [5.74, 6) is 0. The second-order valence-electron chi connectivity index (χ2n) is 10.6. The molecule has 0 amide bonds. The van der Waals surface area contributed by atoms with Gasteiger partial charge < -0.3 is 4.42 Å². The van der Waals surface area contributed by atoms with Crippen LogP contribution in [0.1, 0.15) is 0 Å². The molecule has 3 aromatic heterocycles. The lowest BCUT2D eigenvalue weighted by Crippen LogP contribution is -1.88. The molecule has 0 fully saturated rings. The van der Waals surface area contributed by atoms with Crippen LogP contribution in [-0.4, -0.2) is 9.97 Å². The van der Waals surface area contributed by atoms with E-state index in [4.69, 9.17) is 14.4 Å². The molecule has 9 aromatic rings. The van der Waals surface area contributed by atoms with Gasteiger partial charge in [0.05, 0.1) is 11.9 Å². The van der Waals surface area contributed by atoms with E-state index in [1.54, 1.807) is 0 Å². The SMILES string of the molecule is c1cc(-c2cnc3c(n2)oc2ccc(-c4cccc5ccccc45)cc23)cc(-c2cccc3c2sc2ccccc23)c1. The maximum Gasteiger partial charge on any atom is 0.246 e. The molecule has 0 radical (unpaired) electrons. The summed E-state index contributed by atoms with van der Waals surface area (Å²) in [7, 11) is 0. The van der Waals surface area contributed by atoms with E-state index in [1.807, 2.05) is 23.6 Å². The zero-order chi connectivity index (χ0) is 27.6. The fraction of sp³-hybridized carbons (Fsp3) is 0. The lowest BCUT2D eigenvalue weighted by molar-refractivity contribution is 0.653. The highest BCUT2D eigenvalue weighted by Crippen LogP contribution is 2.41. The van der Waals surface area contributed by atoms with Gasteiger partial charge in [0.1, 0.15) is 11.1 Å². The third kappa shape index (κ3) is 3.59. The Morgan fingerprint density at radius 3 is 2.26 bits per heavy atom. The molecule has 0 bridgehead atoms. The van der Waals surface area contributed by atoms with Gasteiger partial charge in [0.2, 0.25) is 5.71 Å². The highest BCUT2D eigenvalue weighted by molar-refractivity contribution is 7.26. The molecule has 42 heavy (non-hydrogen) atoms. The molecule has 0 spiro atoms. The monoisotopic (exact) mass is 554 g/mol. The Kier molecular flexibility index (Phi) is 5.07. The van der Waals surface area contributed by atoms with Crippen molar-refractivity contribution in [2.45, 2.75) is 0 Å². The number of rotatable bonds is 3. The molecule has 0 aliphatic rings. The van der Waals surface area contributed by atoms with Crippen LogP contribution in [0.25, 0.3) is 86.7 Å². The molecule has 0 saturated carbocycles. The molecule has 9 rings (SSSR count). The van der Waals surface area contributed by atoms with Crippen LogP contribution in [0, 0.1) is 0 Å². The molecule has 0 aliphatic heterocycles. The molecule has 4 heteroatoms. The number of thiophene rings is 1. The summed E-state index contributed by atoms with van der Waals surface area (Å²) in [4.78, 5) is 9.81. The van der Waals surface area contributed by atoms with Crippen LogP contribution in [0.3, 0.4) is 0 Å². The van der Waals surface area contributed by atoms with Crippen LogP contribution in [0.15, 0.2) is 138 Å². The van der Waals surface area contributed by atoms with Crippen molar-refractivity contribution in [3.8, 4) is 33.5 Å². The first-order valence-corrected chi connectivity index (χ1v) is 14.8. The van der Waals surface area contributed by atoms with E-state index in [1.165, 1.54) is 42.1 Å². The Morgan fingerprint density at radius 1 is 0.548 bits per heavy atom. The summed E-state index contributed by atoms with van der Waals surface area (Å²) in [5, 5.41) is 6.03. The summed E-state index contributed by atoms with van der Waals surface area (Å²) >= 11 is 1.85. The predicted octanol–water partition coefficient (Wildman–Crippen LogP) is 10.9. The third-order valence-corrected chi connectivity index (χ3v) is 9.38. The van der Waals surface area contributed by atoms with Gasteiger partial charge in [-0.2, -0.15) is 0 Å². The molecule has 0 saturated heterocycles. The van der Waals surface area contributed by atoms with Crippen molar-refractivity contribution in [1.82, 2.24) is 9.97 Å². The van der Waals surface area contributed by atoms with Crippen LogP contribution in [0.4, 0.5) is 0 Å². The average molecular weight is 555 g/mol. The van der Waals surface area contributed by atoms with Gasteiger partial charge in [0.15, 0.2) is 0 Å². The number of hydrogen-bond acceptors (Lipinski definition) is 4. The summed E-state index contributed by atoms with van der Waals surface area (Å²) in [6, 6.07) is 45.0. The highest BCUT2D eigenvalue weighted by atomic mass is 32.1. The molecule has 6 aromatic carbocycles. The number of benzene rings is 6. The number of fused-ring (bicyclic) bond motifs is 7.